The summed E-state index contributed by atoms with van der Waals surface area (Å²) in [5.41, 5.74) is 1.94. The molecular weight excluding hydrogens is 326 g/mol. The smallest absolute Gasteiger partial charge is 0.162 e. The Morgan fingerprint density at radius 3 is 2.85 bits per heavy atom. The standard InChI is InChI=1S/C21H29N3O2/c1-3-24-13-7-10-19(24)16-23(15-18-9-4-5-12-22-18)14-17-8-6-11-20(26-2)21(17)25/h4-6,8-9,11-12,19,25H,3,7,10,13-16H2,1-2H3/t19-/m1/s1. The van der Waals surface area contributed by atoms with E-state index in [0.29, 0.717) is 18.3 Å². The van der Waals surface area contributed by atoms with Crippen LogP contribution in [0.5, 0.6) is 11.5 Å². The number of likely N-dealkylation sites (N-methyl/N-ethyl adjacent to an activating group) is 1. The fraction of sp³-hybridized carbons (Fsp3) is 0.476. The summed E-state index contributed by atoms with van der Waals surface area (Å²) in [5, 5.41) is 10.5. The number of methoxy groups -OCH3 is 1. The molecule has 2 heterocycles. The molecule has 0 spiro atoms. The Labute approximate surface area is 156 Å². The number of hydrogen-bond donors (Lipinski definition) is 1. The molecule has 0 aliphatic carbocycles. The number of likely N-dealkylation sites (tertiary alicyclic amines) is 1. The Balaban J connectivity index is 1.78. The summed E-state index contributed by atoms with van der Waals surface area (Å²) in [5.74, 6) is 0.760. The third kappa shape index (κ3) is 4.54. The highest BCUT2D eigenvalue weighted by Crippen LogP contribution is 2.31. The number of para-hydroxylation sites is 1. The van der Waals surface area contributed by atoms with Crippen LogP contribution in [0.25, 0.3) is 0 Å². The van der Waals surface area contributed by atoms with Crippen molar-refractivity contribution in [3.63, 3.8) is 0 Å². The van der Waals surface area contributed by atoms with E-state index in [1.54, 1.807) is 13.2 Å². The minimum Gasteiger partial charge on any atom is -0.504 e. The van der Waals surface area contributed by atoms with E-state index in [2.05, 4.69) is 27.8 Å². The third-order valence-electron chi connectivity index (χ3n) is 5.18. The maximum Gasteiger partial charge on any atom is 0.162 e. The number of aromatic nitrogens is 1. The zero-order valence-electron chi connectivity index (χ0n) is 15.8. The Hall–Kier alpha value is -2.11. The van der Waals surface area contributed by atoms with E-state index in [1.807, 2.05) is 30.5 Å². The Bertz CT molecular complexity index is 693. The minimum atomic E-state index is 0.236. The average Bonchev–Trinajstić information content (AvgIpc) is 3.11. The molecular formula is C21H29N3O2. The van der Waals surface area contributed by atoms with E-state index in [1.165, 1.54) is 19.4 Å². The summed E-state index contributed by atoms with van der Waals surface area (Å²) >= 11 is 0. The molecule has 1 aromatic heterocycles. The van der Waals surface area contributed by atoms with Crippen LogP contribution in [0.2, 0.25) is 0 Å². The predicted octanol–water partition coefficient (Wildman–Crippen LogP) is 3.28. The van der Waals surface area contributed by atoms with Crippen molar-refractivity contribution in [2.75, 3.05) is 26.7 Å². The van der Waals surface area contributed by atoms with E-state index in [4.69, 9.17) is 4.74 Å². The predicted molar refractivity (Wildman–Crippen MR) is 103 cm³/mol. The van der Waals surface area contributed by atoms with Crippen LogP contribution >= 0.6 is 0 Å². The van der Waals surface area contributed by atoms with Crippen molar-refractivity contribution < 1.29 is 9.84 Å². The minimum absolute atomic E-state index is 0.236. The second-order valence-corrected chi connectivity index (χ2v) is 6.88. The fourth-order valence-electron chi connectivity index (χ4n) is 3.82. The number of phenolic OH excluding ortho intramolecular Hbond substituents is 1. The van der Waals surface area contributed by atoms with Crippen molar-refractivity contribution in [1.29, 1.82) is 0 Å². The highest BCUT2D eigenvalue weighted by Gasteiger charge is 2.26. The lowest BCUT2D eigenvalue weighted by atomic mass is 10.1. The zero-order chi connectivity index (χ0) is 18.4. The number of ether oxygens (including phenoxy) is 1. The van der Waals surface area contributed by atoms with E-state index in [9.17, 15) is 5.11 Å². The van der Waals surface area contributed by atoms with Gasteiger partial charge in [0.15, 0.2) is 11.5 Å². The van der Waals surface area contributed by atoms with Gasteiger partial charge in [-0.3, -0.25) is 14.8 Å². The van der Waals surface area contributed by atoms with E-state index < -0.39 is 0 Å². The third-order valence-corrected chi connectivity index (χ3v) is 5.18. The Morgan fingerprint density at radius 1 is 1.23 bits per heavy atom. The molecule has 5 nitrogen and oxygen atoms in total. The van der Waals surface area contributed by atoms with Crippen LogP contribution < -0.4 is 4.74 Å². The van der Waals surface area contributed by atoms with Gasteiger partial charge >= 0.3 is 0 Å². The van der Waals surface area contributed by atoms with Gasteiger partial charge in [-0.15, -0.1) is 0 Å². The van der Waals surface area contributed by atoms with Crippen LogP contribution in [0.1, 0.15) is 31.0 Å². The second-order valence-electron chi connectivity index (χ2n) is 6.88. The van der Waals surface area contributed by atoms with Crippen LogP contribution in [0, 0.1) is 0 Å². The summed E-state index contributed by atoms with van der Waals surface area (Å²) in [6, 6.07) is 12.3. The lowest BCUT2D eigenvalue weighted by molar-refractivity contribution is 0.163. The summed E-state index contributed by atoms with van der Waals surface area (Å²) in [4.78, 5) is 9.42. The van der Waals surface area contributed by atoms with Gasteiger partial charge in [-0.25, -0.2) is 0 Å². The molecule has 0 amide bonds. The van der Waals surface area contributed by atoms with Crippen molar-refractivity contribution in [2.24, 2.45) is 0 Å². The number of pyridine rings is 1. The molecule has 1 aromatic carbocycles. The number of phenols is 1. The lowest BCUT2D eigenvalue weighted by Crippen LogP contribution is -2.39. The van der Waals surface area contributed by atoms with Gasteiger partial charge in [0.2, 0.25) is 0 Å². The monoisotopic (exact) mass is 355 g/mol. The van der Waals surface area contributed by atoms with Crippen LogP contribution in [-0.2, 0) is 13.1 Å². The summed E-state index contributed by atoms with van der Waals surface area (Å²) < 4.78 is 5.26. The summed E-state index contributed by atoms with van der Waals surface area (Å²) in [6.45, 7) is 6.92. The zero-order valence-corrected chi connectivity index (χ0v) is 15.8. The average molecular weight is 355 g/mol. The molecule has 1 fully saturated rings. The molecule has 0 bridgehead atoms. The Kier molecular flexibility index (Phi) is 6.47. The molecule has 26 heavy (non-hydrogen) atoms. The van der Waals surface area contributed by atoms with Gasteiger partial charge in [0, 0.05) is 37.4 Å². The van der Waals surface area contributed by atoms with E-state index in [0.717, 1.165) is 30.9 Å². The SMILES string of the molecule is CCN1CCC[C@@H]1CN(Cc1ccccn1)Cc1cccc(OC)c1O. The maximum absolute atomic E-state index is 10.5. The molecule has 140 valence electrons. The topological polar surface area (TPSA) is 48.8 Å². The molecule has 5 heteroatoms. The number of benzene rings is 1. The van der Waals surface area contributed by atoms with Crippen LogP contribution in [0.3, 0.4) is 0 Å². The van der Waals surface area contributed by atoms with Gasteiger partial charge in [-0.1, -0.05) is 25.1 Å². The lowest BCUT2D eigenvalue weighted by Gasteiger charge is -2.30. The number of aromatic hydroxyl groups is 1. The molecule has 1 N–H and O–H groups in total. The van der Waals surface area contributed by atoms with E-state index in [-0.39, 0.29) is 5.75 Å². The summed E-state index contributed by atoms with van der Waals surface area (Å²) in [6.07, 6.45) is 4.33. The van der Waals surface area contributed by atoms with Gasteiger partial charge < -0.3 is 9.84 Å². The number of nitrogens with zero attached hydrogens (tertiary/aromatic N) is 3. The largest absolute Gasteiger partial charge is 0.504 e. The normalized spacial score (nSPS) is 17.7. The van der Waals surface area contributed by atoms with Crippen molar-refractivity contribution in [3.8, 4) is 11.5 Å². The molecule has 1 aliphatic heterocycles. The van der Waals surface area contributed by atoms with Gasteiger partial charge in [-0.05, 0) is 44.1 Å². The van der Waals surface area contributed by atoms with Gasteiger partial charge in [0.05, 0.1) is 12.8 Å². The van der Waals surface area contributed by atoms with Crippen molar-refractivity contribution in [1.82, 2.24) is 14.8 Å². The molecule has 0 radical (unpaired) electrons. The molecule has 1 atom stereocenters. The van der Waals surface area contributed by atoms with Crippen molar-refractivity contribution in [3.05, 3.63) is 53.9 Å². The van der Waals surface area contributed by atoms with Gasteiger partial charge in [0.1, 0.15) is 0 Å². The molecule has 2 aromatic rings. The first kappa shape index (κ1) is 18.7. The molecule has 3 rings (SSSR count). The molecule has 0 unspecified atom stereocenters. The van der Waals surface area contributed by atoms with Crippen molar-refractivity contribution in [2.45, 2.75) is 38.9 Å². The highest BCUT2D eigenvalue weighted by molar-refractivity contribution is 5.45. The summed E-state index contributed by atoms with van der Waals surface area (Å²) in [7, 11) is 1.59. The van der Waals surface area contributed by atoms with Crippen LogP contribution in [-0.4, -0.2) is 52.7 Å². The molecule has 1 saturated heterocycles. The fourth-order valence-corrected chi connectivity index (χ4v) is 3.82. The van der Waals surface area contributed by atoms with Crippen molar-refractivity contribution >= 4 is 0 Å². The first-order valence-electron chi connectivity index (χ1n) is 9.42. The van der Waals surface area contributed by atoms with Gasteiger partial charge in [-0.2, -0.15) is 0 Å². The Morgan fingerprint density at radius 2 is 2.12 bits per heavy atom. The van der Waals surface area contributed by atoms with Crippen LogP contribution in [0.15, 0.2) is 42.6 Å². The van der Waals surface area contributed by atoms with E-state index >= 15 is 0 Å². The number of rotatable bonds is 8. The van der Waals surface area contributed by atoms with Crippen LogP contribution in [0.4, 0.5) is 0 Å². The number of hydrogen-bond acceptors (Lipinski definition) is 5. The maximum atomic E-state index is 10.5. The quantitative estimate of drug-likeness (QED) is 0.787. The molecule has 1 aliphatic rings. The highest BCUT2D eigenvalue weighted by atomic mass is 16.5. The van der Waals surface area contributed by atoms with Gasteiger partial charge in [0.25, 0.3) is 0 Å². The first-order chi connectivity index (χ1) is 12.7. The molecule has 0 saturated carbocycles. The second kappa shape index (κ2) is 9.01. The first-order valence-corrected chi connectivity index (χ1v) is 9.42.